The minimum absolute atomic E-state index is 0.0491. The van der Waals surface area contributed by atoms with Crippen LogP contribution in [0.3, 0.4) is 0 Å². The number of pyridine rings is 1. The first-order chi connectivity index (χ1) is 12.0. The zero-order valence-corrected chi connectivity index (χ0v) is 14.4. The van der Waals surface area contributed by atoms with Crippen LogP contribution in [0.1, 0.15) is 12.8 Å². The van der Waals surface area contributed by atoms with Gasteiger partial charge in [-0.2, -0.15) is 4.31 Å². The van der Waals surface area contributed by atoms with Gasteiger partial charge >= 0.3 is 0 Å². The van der Waals surface area contributed by atoms with Gasteiger partial charge in [0.2, 0.25) is 15.9 Å². The van der Waals surface area contributed by atoms with Gasteiger partial charge in [0.1, 0.15) is 0 Å². The van der Waals surface area contributed by atoms with E-state index in [1.165, 1.54) is 4.31 Å². The first-order valence-electron chi connectivity index (χ1n) is 8.27. The van der Waals surface area contributed by atoms with E-state index in [4.69, 9.17) is 0 Å². The number of nitrogens with one attached hydrogen (secondary N) is 1. The van der Waals surface area contributed by atoms with Crippen molar-refractivity contribution >= 4 is 21.6 Å². The molecule has 4 rings (SSSR count). The van der Waals surface area contributed by atoms with E-state index in [1.54, 1.807) is 54.9 Å². The molecule has 2 fully saturated rings. The molecule has 2 aromatic rings. The molecule has 1 aliphatic carbocycles. The fourth-order valence-corrected chi connectivity index (χ4v) is 5.20. The molecule has 1 spiro atoms. The van der Waals surface area contributed by atoms with E-state index >= 15 is 0 Å². The minimum atomic E-state index is -3.49. The van der Waals surface area contributed by atoms with Crippen molar-refractivity contribution in [2.24, 2.45) is 11.3 Å². The smallest absolute Gasteiger partial charge is 0.243 e. The molecule has 1 saturated carbocycles. The van der Waals surface area contributed by atoms with Crippen LogP contribution in [0.2, 0.25) is 0 Å². The van der Waals surface area contributed by atoms with Crippen LogP contribution in [0, 0.1) is 11.3 Å². The lowest BCUT2D eigenvalue weighted by Gasteiger charge is -2.16. The fraction of sp³-hybridized carbons (Fsp3) is 0.333. The molecule has 1 aromatic heterocycles. The highest BCUT2D eigenvalue weighted by Crippen LogP contribution is 2.59. The summed E-state index contributed by atoms with van der Waals surface area (Å²) in [6, 6.07) is 12.0. The third-order valence-electron chi connectivity index (χ3n) is 5.17. The van der Waals surface area contributed by atoms with Crippen LogP contribution < -0.4 is 5.32 Å². The lowest BCUT2D eigenvalue weighted by molar-refractivity contribution is -0.118. The number of rotatable bonds is 4. The number of aromatic nitrogens is 1. The van der Waals surface area contributed by atoms with Gasteiger partial charge in [0, 0.05) is 25.2 Å². The van der Waals surface area contributed by atoms with Crippen LogP contribution in [-0.4, -0.2) is 36.7 Å². The second kappa shape index (κ2) is 5.93. The van der Waals surface area contributed by atoms with E-state index < -0.39 is 10.0 Å². The molecule has 1 aliphatic heterocycles. The Morgan fingerprint density at radius 3 is 2.72 bits per heavy atom. The van der Waals surface area contributed by atoms with E-state index in [1.807, 2.05) is 0 Å². The number of hydrogen-bond donors (Lipinski definition) is 1. The van der Waals surface area contributed by atoms with E-state index in [0.29, 0.717) is 23.7 Å². The maximum Gasteiger partial charge on any atom is 0.243 e. The zero-order valence-electron chi connectivity index (χ0n) is 13.6. The molecule has 0 radical (unpaired) electrons. The number of hydrogen-bond acceptors (Lipinski definition) is 4. The second-order valence-corrected chi connectivity index (χ2v) is 8.69. The first kappa shape index (κ1) is 16.2. The van der Waals surface area contributed by atoms with Crippen LogP contribution in [-0.2, 0) is 14.8 Å². The zero-order chi connectivity index (χ0) is 17.5. The molecule has 2 unspecified atom stereocenters. The molecule has 2 aliphatic rings. The van der Waals surface area contributed by atoms with Gasteiger partial charge in [-0.1, -0.05) is 18.2 Å². The summed E-state index contributed by atoms with van der Waals surface area (Å²) in [6.07, 6.45) is 4.72. The van der Waals surface area contributed by atoms with Gasteiger partial charge in [0.15, 0.2) is 0 Å². The standard InChI is InChI=1S/C18H19N3O3S/c22-17(20-14-5-4-9-19-12-14)16-11-18(16)8-10-21(13-18)25(23,24)15-6-2-1-3-7-15/h1-7,9,12,16H,8,10-11,13H2,(H,20,22). The van der Waals surface area contributed by atoms with Crippen molar-refractivity contribution in [1.82, 2.24) is 9.29 Å². The van der Waals surface area contributed by atoms with Crippen molar-refractivity contribution in [2.45, 2.75) is 17.7 Å². The third-order valence-corrected chi connectivity index (χ3v) is 7.03. The van der Waals surface area contributed by atoms with Crippen LogP contribution in [0.25, 0.3) is 0 Å². The molecule has 1 amide bonds. The molecule has 2 atom stereocenters. The summed E-state index contributed by atoms with van der Waals surface area (Å²) in [7, 11) is -3.49. The topological polar surface area (TPSA) is 79.4 Å². The summed E-state index contributed by atoms with van der Waals surface area (Å²) in [5, 5.41) is 2.87. The predicted molar refractivity (Wildman–Crippen MR) is 93.2 cm³/mol. The molecule has 7 heteroatoms. The predicted octanol–water partition coefficient (Wildman–Crippen LogP) is 2.12. The van der Waals surface area contributed by atoms with Crippen molar-refractivity contribution in [1.29, 1.82) is 0 Å². The number of carbonyl (C=O) groups is 1. The van der Waals surface area contributed by atoms with Gasteiger partial charge in [-0.25, -0.2) is 8.42 Å². The Balaban J connectivity index is 1.44. The lowest BCUT2D eigenvalue weighted by atomic mass is 10.0. The van der Waals surface area contributed by atoms with Crippen molar-refractivity contribution in [3.63, 3.8) is 0 Å². The number of anilines is 1. The van der Waals surface area contributed by atoms with Crippen LogP contribution in [0.4, 0.5) is 5.69 Å². The Hall–Kier alpha value is -2.25. The van der Waals surface area contributed by atoms with Gasteiger partial charge in [0.05, 0.1) is 16.8 Å². The first-order valence-corrected chi connectivity index (χ1v) is 9.71. The Morgan fingerprint density at radius 2 is 2.00 bits per heavy atom. The molecule has 1 N–H and O–H groups in total. The number of carbonyl (C=O) groups excluding carboxylic acids is 1. The van der Waals surface area contributed by atoms with E-state index in [2.05, 4.69) is 10.3 Å². The largest absolute Gasteiger partial charge is 0.324 e. The normalized spacial score (nSPS) is 25.8. The summed E-state index contributed by atoms with van der Waals surface area (Å²) >= 11 is 0. The van der Waals surface area contributed by atoms with Gasteiger partial charge in [-0.05, 0) is 42.5 Å². The van der Waals surface area contributed by atoms with Crippen LogP contribution in [0.15, 0.2) is 59.8 Å². The summed E-state index contributed by atoms with van der Waals surface area (Å²) in [5.74, 6) is -0.185. The Bertz CT molecular complexity index is 886. The van der Waals surface area contributed by atoms with Crippen LogP contribution >= 0.6 is 0 Å². The highest BCUT2D eigenvalue weighted by atomic mass is 32.2. The molecular formula is C18H19N3O3S. The average Bonchev–Trinajstić information content (AvgIpc) is 3.16. The molecule has 0 bridgehead atoms. The van der Waals surface area contributed by atoms with E-state index in [-0.39, 0.29) is 17.2 Å². The lowest BCUT2D eigenvalue weighted by Crippen LogP contribution is -2.30. The Labute approximate surface area is 146 Å². The number of benzene rings is 1. The molecule has 6 nitrogen and oxygen atoms in total. The van der Waals surface area contributed by atoms with Crippen molar-refractivity contribution < 1.29 is 13.2 Å². The van der Waals surface area contributed by atoms with Gasteiger partial charge in [-0.3, -0.25) is 9.78 Å². The van der Waals surface area contributed by atoms with Crippen molar-refractivity contribution in [2.75, 3.05) is 18.4 Å². The summed E-state index contributed by atoms with van der Waals surface area (Å²) in [4.78, 5) is 16.7. The molecule has 130 valence electrons. The second-order valence-electron chi connectivity index (χ2n) is 6.75. The van der Waals surface area contributed by atoms with Crippen molar-refractivity contribution in [3.8, 4) is 0 Å². The molecule has 1 aromatic carbocycles. The van der Waals surface area contributed by atoms with Crippen molar-refractivity contribution in [3.05, 3.63) is 54.9 Å². The summed E-state index contributed by atoms with van der Waals surface area (Å²) in [5.41, 5.74) is 0.454. The summed E-state index contributed by atoms with van der Waals surface area (Å²) in [6.45, 7) is 0.878. The number of nitrogens with zero attached hydrogens (tertiary/aromatic N) is 2. The highest BCUT2D eigenvalue weighted by molar-refractivity contribution is 7.89. The average molecular weight is 357 g/mol. The Morgan fingerprint density at radius 1 is 1.20 bits per heavy atom. The minimum Gasteiger partial charge on any atom is -0.324 e. The summed E-state index contributed by atoms with van der Waals surface area (Å²) < 4.78 is 27.0. The monoisotopic (exact) mass is 357 g/mol. The highest BCUT2D eigenvalue weighted by Gasteiger charge is 2.62. The molecule has 25 heavy (non-hydrogen) atoms. The molecule has 2 heterocycles. The number of sulfonamides is 1. The molecular weight excluding hydrogens is 338 g/mol. The molecule has 1 saturated heterocycles. The van der Waals surface area contributed by atoms with Gasteiger partial charge < -0.3 is 5.32 Å². The van der Waals surface area contributed by atoms with Crippen LogP contribution in [0.5, 0.6) is 0 Å². The quantitative estimate of drug-likeness (QED) is 0.909. The fourth-order valence-electron chi connectivity index (χ4n) is 3.64. The SMILES string of the molecule is O=C(Nc1cccnc1)C1CC12CCN(S(=O)(=O)c1ccccc1)C2. The third kappa shape index (κ3) is 2.94. The van der Waals surface area contributed by atoms with Gasteiger partial charge in [-0.15, -0.1) is 0 Å². The number of amides is 1. The van der Waals surface area contributed by atoms with Gasteiger partial charge in [0.25, 0.3) is 0 Å². The maximum absolute atomic E-state index is 12.7. The van der Waals surface area contributed by atoms with E-state index in [0.717, 1.165) is 12.8 Å². The van der Waals surface area contributed by atoms with E-state index in [9.17, 15) is 13.2 Å². The Kier molecular flexibility index (Phi) is 3.85. The maximum atomic E-state index is 12.7.